The fourth-order valence-corrected chi connectivity index (χ4v) is 3.25. The predicted octanol–water partition coefficient (Wildman–Crippen LogP) is 3.50. The molecule has 1 rings (SSSR count). The molecule has 2 heteroatoms. The third-order valence-electron chi connectivity index (χ3n) is 4.05. The molecule has 16 heavy (non-hydrogen) atoms. The first-order chi connectivity index (χ1) is 7.33. The van der Waals surface area contributed by atoms with Crippen LogP contribution in [0.3, 0.4) is 0 Å². The molecule has 1 aliphatic carbocycles. The molecule has 0 heterocycles. The van der Waals surface area contributed by atoms with E-state index in [4.69, 9.17) is 0 Å². The molecule has 3 unspecified atom stereocenters. The van der Waals surface area contributed by atoms with Crippen LogP contribution in [0.25, 0.3) is 0 Å². The van der Waals surface area contributed by atoms with Crippen molar-refractivity contribution in [3.05, 3.63) is 0 Å². The molecule has 0 amide bonds. The molecule has 92 valence electrons. The monoisotopic (exact) mass is 223 g/mol. The van der Waals surface area contributed by atoms with E-state index in [2.05, 4.69) is 26.8 Å². The highest BCUT2D eigenvalue weighted by atomic mass is 16.3. The van der Waals surface area contributed by atoms with E-state index >= 15 is 0 Å². The summed E-state index contributed by atoms with van der Waals surface area (Å²) < 4.78 is 0. The molecule has 2 nitrogen and oxygen atoms in total. The lowest BCUT2D eigenvalue weighted by atomic mass is 9.60. The molecule has 3 atom stereocenters. The first-order valence-corrected chi connectivity index (χ1v) is 6.46. The molecule has 1 saturated carbocycles. The van der Waals surface area contributed by atoms with Crippen LogP contribution >= 0.6 is 0 Å². The summed E-state index contributed by atoms with van der Waals surface area (Å²) in [5, 5.41) is 20.2. The van der Waals surface area contributed by atoms with Gasteiger partial charge in [0.2, 0.25) is 0 Å². The Balaban J connectivity index is 2.90. The van der Waals surface area contributed by atoms with Gasteiger partial charge in [-0.15, -0.1) is 0 Å². The van der Waals surface area contributed by atoms with Gasteiger partial charge < -0.3 is 5.11 Å². The topological polar surface area (TPSA) is 44.0 Å². The van der Waals surface area contributed by atoms with Crippen molar-refractivity contribution in [2.75, 3.05) is 0 Å². The van der Waals surface area contributed by atoms with E-state index < -0.39 is 11.0 Å². The zero-order valence-corrected chi connectivity index (χ0v) is 11.1. The van der Waals surface area contributed by atoms with Crippen LogP contribution in [0, 0.1) is 28.6 Å². The van der Waals surface area contributed by atoms with Crippen LogP contribution in [0.4, 0.5) is 0 Å². The molecule has 0 spiro atoms. The molecule has 1 fully saturated rings. The summed E-state index contributed by atoms with van der Waals surface area (Å²) in [4.78, 5) is 0. The third kappa shape index (κ3) is 2.58. The van der Waals surface area contributed by atoms with Crippen molar-refractivity contribution < 1.29 is 5.11 Å². The van der Waals surface area contributed by atoms with Gasteiger partial charge in [-0.2, -0.15) is 5.26 Å². The first kappa shape index (κ1) is 13.5. The molecule has 0 aromatic heterocycles. The van der Waals surface area contributed by atoms with Crippen molar-refractivity contribution in [3.63, 3.8) is 0 Å². The van der Waals surface area contributed by atoms with Gasteiger partial charge in [0.25, 0.3) is 0 Å². The number of nitriles is 1. The van der Waals surface area contributed by atoms with E-state index in [9.17, 15) is 10.4 Å². The van der Waals surface area contributed by atoms with Gasteiger partial charge in [-0.1, -0.05) is 33.6 Å². The van der Waals surface area contributed by atoms with Gasteiger partial charge in [-0.3, -0.25) is 0 Å². The Kier molecular flexibility index (Phi) is 4.02. The Bertz CT molecular complexity index is 277. The normalized spacial score (nSPS) is 34.4. The molecular weight excluding hydrogens is 198 g/mol. The Labute approximate surface area is 99.7 Å². The fraction of sp³-hybridized carbons (Fsp3) is 0.929. The maximum atomic E-state index is 10.7. The van der Waals surface area contributed by atoms with Crippen LogP contribution < -0.4 is 0 Å². The Morgan fingerprint density at radius 3 is 2.62 bits per heavy atom. The second-order valence-electron chi connectivity index (χ2n) is 6.27. The Morgan fingerprint density at radius 1 is 1.56 bits per heavy atom. The molecular formula is C14H25NO. The second-order valence-corrected chi connectivity index (χ2v) is 6.27. The summed E-state index contributed by atoms with van der Waals surface area (Å²) in [5.74, 6) is 0.990. The highest BCUT2D eigenvalue weighted by molar-refractivity contribution is 5.11. The number of aliphatic hydroxyl groups is 1. The number of nitrogens with zero attached hydrogens (tertiary/aromatic N) is 1. The number of hydrogen-bond donors (Lipinski definition) is 1. The van der Waals surface area contributed by atoms with E-state index in [0.29, 0.717) is 18.3 Å². The quantitative estimate of drug-likeness (QED) is 0.795. The smallest absolute Gasteiger partial charge is 0.0860 e. The molecule has 1 N–H and O–H groups in total. The molecule has 0 radical (unpaired) electrons. The molecule has 0 aromatic carbocycles. The second kappa shape index (κ2) is 4.75. The molecule has 0 bridgehead atoms. The zero-order chi connectivity index (χ0) is 12.4. The van der Waals surface area contributed by atoms with Crippen molar-refractivity contribution in [1.29, 1.82) is 5.26 Å². The summed E-state index contributed by atoms with van der Waals surface area (Å²) in [6, 6.07) is 2.44. The minimum Gasteiger partial charge on any atom is -0.389 e. The largest absolute Gasteiger partial charge is 0.389 e. The summed E-state index contributed by atoms with van der Waals surface area (Å²) >= 11 is 0. The Hall–Kier alpha value is -0.550. The zero-order valence-electron chi connectivity index (χ0n) is 11.1. The fourth-order valence-electron chi connectivity index (χ4n) is 3.25. The van der Waals surface area contributed by atoms with Crippen molar-refractivity contribution in [2.45, 2.75) is 65.4 Å². The van der Waals surface area contributed by atoms with Gasteiger partial charge in [-0.25, -0.2) is 0 Å². The van der Waals surface area contributed by atoms with Crippen molar-refractivity contribution in [1.82, 2.24) is 0 Å². The minimum atomic E-state index is -0.843. The summed E-state index contributed by atoms with van der Waals surface area (Å²) in [6.45, 7) is 8.25. The van der Waals surface area contributed by atoms with Crippen molar-refractivity contribution in [3.8, 4) is 6.07 Å². The Morgan fingerprint density at radius 2 is 2.19 bits per heavy atom. The van der Waals surface area contributed by atoms with Crippen LogP contribution in [0.2, 0.25) is 0 Å². The van der Waals surface area contributed by atoms with E-state index in [0.717, 1.165) is 19.3 Å². The van der Waals surface area contributed by atoms with Crippen LogP contribution in [-0.4, -0.2) is 10.7 Å². The SMILES string of the molecule is CC(C)CC(C)(O)C1(C#N)CCCC(C)C1. The summed E-state index contributed by atoms with van der Waals surface area (Å²) in [6.07, 6.45) is 4.69. The lowest BCUT2D eigenvalue weighted by Gasteiger charge is -2.45. The number of hydrogen-bond acceptors (Lipinski definition) is 2. The van der Waals surface area contributed by atoms with Gasteiger partial charge >= 0.3 is 0 Å². The van der Waals surface area contributed by atoms with E-state index in [1.165, 1.54) is 6.42 Å². The average molecular weight is 223 g/mol. The van der Waals surface area contributed by atoms with Gasteiger partial charge in [-0.05, 0) is 38.0 Å². The maximum Gasteiger partial charge on any atom is 0.0860 e. The predicted molar refractivity (Wildman–Crippen MR) is 65.8 cm³/mol. The summed E-state index contributed by atoms with van der Waals surface area (Å²) in [5.41, 5.74) is -1.36. The van der Waals surface area contributed by atoms with E-state index in [1.54, 1.807) is 0 Å². The lowest BCUT2D eigenvalue weighted by Crippen LogP contribution is -2.48. The van der Waals surface area contributed by atoms with Gasteiger partial charge in [0, 0.05) is 0 Å². The number of rotatable bonds is 3. The van der Waals surface area contributed by atoms with Crippen LogP contribution in [-0.2, 0) is 0 Å². The first-order valence-electron chi connectivity index (χ1n) is 6.46. The summed E-state index contributed by atoms with van der Waals surface area (Å²) in [7, 11) is 0. The van der Waals surface area contributed by atoms with Gasteiger partial charge in [0.1, 0.15) is 0 Å². The van der Waals surface area contributed by atoms with Crippen LogP contribution in [0.1, 0.15) is 59.8 Å². The van der Waals surface area contributed by atoms with Gasteiger partial charge in [0.15, 0.2) is 0 Å². The molecule has 0 aromatic rings. The van der Waals surface area contributed by atoms with E-state index in [1.807, 2.05) is 6.92 Å². The minimum absolute atomic E-state index is 0.428. The maximum absolute atomic E-state index is 10.7. The van der Waals surface area contributed by atoms with Crippen molar-refractivity contribution >= 4 is 0 Å². The van der Waals surface area contributed by atoms with E-state index in [-0.39, 0.29) is 0 Å². The average Bonchev–Trinajstić information content (AvgIpc) is 2.15. The highest BCUT2D eigenvalue weighted by Gasteiger charge is 2.49. The highest BCUT2D eigenvalue weighted by Crippen LogP contribution is 2.48. The van der Waals surface area contributed by atoms with Crippen molar-refractivity contribution in [2.24, 2.45) is 17.3 Å². The standard InChI is InChI=1S/C14H25NO/c1-11(2)8-13(4,16)14(10-15)7-5-6-12(3)9-14/h11-12,16H,5-9H2,1-4H3. The molecule has 0 aliphatic heterocycles. The lowest BCUT2D eigenvalue weighted by molar-refractivity contribution is -0.0791. The molecule has 0 saturated heterocycles. The van der Waals surface area contributed by atoms with Crippen LogP contribution in [0.5, 0.6) is 0 Å². The van der Waals surface area contributed by atoms with Crippen LogP contribution in [0.15, 0.2) is 0 Å². The third-order valence-corrected chi connectivity index (χ3v) is 4.05. The molecule has 1 aliphatic rings. The van der Waals surface area contributed by atoms with Gasteiger partial charge in [0.05, 0.1) is 17.1 Å².